The molecule has 0 heterocycles. The SMILES string of the molecule is NCCCC[C@H](N)C(O)(P(=O)(O)O)P(=O)(O)O. The van der Waals surface area contributed by atoms with Gasteiger partial charge in [0.1, 0.15) is 0 Å². The lowest BCUT2D eigenvalue weighted by Crippen LogP contribution is -2.47. The standard InChI is InChI=1S/C6H18N2O7P2/c7-4-2-1-3-5(8)6(9,16(10,11)12)17(13,14)15/h5,9H,1-4,7-8H2,(H2,10,11,12)(H2,13,14,15)/t5-/m0/s1. The fourth-order valence-electron chi connectivity index (χ4n) is 1.30. The molecule has 104 valence electrons. The quantitative estimate of drug-likeness (QED) is 0.215. The van der Waals surface area contributed by atoms with Crippen LogP contribution < -0.4 is 11.5 Å². The van der Waals surface area contributed by atoms with Gasteiger partial charge in [0.25, 0.3) is 5.08 Å². The van der Waals surface area contributed by atoms with Crippen LogP contribution in [0.2, 0.25) is 0 Å². The summed E-state index contributed by atoms with van der Waals surface area (Å²) in [5, 5.41) is 6.02. The van der Waals surface area contributed by atoms with Crippen molar-refractivity contribution in [1.82, 2.24) is 0 Å². The molecule has 0 aromatic heterocycles. The van der Waals surface area contributed by atoms with Crippen LogP contribution in [0.1, 0.15) is 19.3 Å². The zero-order valence-corrected chi connectivity index (χ0v) is 10.8. The summed E-state index contributed by atoms with van der Waals surface area (Å²) in [6.45, 7) is 0.303. The molecule has 0 aromatic rings. The highest BCUT2D eigenvalue weighted by molar-refractivity contribution is 7.72. The van der Waals surface area contributed by atoms with E-state index in [1.54, 1.807) is 0 Å². The van der Waals surface area contributed by atoms with Crippen LogP contribution in [0.25, 0.3) is 0 Å². The second kappa shape index (κ2) is 5.88. The minimum absolute atomic E-state index is 0.163. The van der Waals surface area contributed by atoms with E-state index >= 15 is 0 Å². The number of aliphatic hydroxyl groups is 1. The minimum Gasteiger partial charge on any atom is -0.366 e. The molecular formula is C6H18N2O7P2. The lowest BCUT2D eigenvalue weighted by Gasteiger charge is -2.34. The molecule has 0 saturated carbocycles. The third kappa shape index (κ3) is 3.82. The summed E-state index contributed by atoms with van der Waals surface area (Å²) in [5.74, 6) is 0. The Morgan fingerprint density at radius 1 is 1.06 bits per heavy atom. The maximum Gasteiger partial charge on any atom is 0.371 e. The first kappa shape index (κ1) is 17.2. The first-order chi connectivity index (χ1) is 7.48. The van der Waals surface area contributed by atoms with Gasteiger partial charge in [0, 0.05) is 0 Å². The Labute approximate surface area is 98.1 Å². The maximum atomic E-state index is 11.0. The Morgan fingerprint density at radius 2 is 1.47 bits per heavy atom. The van der Waals surface area contributed by atoms with Crippen LogP contribution in [0.15, 0.2) is 0 Å². The first-order valence-electron chi connectivity index (χ1n) is 4.77. The van der Waals surface area contributed by atoms with Gasteiger partial charge in [0.15, 0.2) is 0 Å². The van der Waals surface area contributed by atoms with Crippen LogP contribution in [0.5, 0.6) is 0 Å². The van der Waals surface area contributed by atoms with E-state index in [-0.39, 0.29) is 6.42 Å². The van der Waals surface area contributed by atoms with Crippen LogP contribution in [0.4, 0.5) is 0 Å². The molecule has 1 atom stereocenters. The van der Waals surface area contributed by atoms with E-state index in [2.05, 4.69) is 0 Å². The average molecular weight is 292 g/mol. The topological polar surface area (TPSA) is 187 Å². The largest absolute Gasteiger partial charge is 0.371 e. The molecule has 0 spiro atoms. The highest BCUT2D eigenvalue weighted by atomic mass is 31.2. The van der Waals surface area contributed by atoms with Crippen molar-refractivity contribution in [3.63, 3.8) is 0 Å². The maximum absolute atomic E-state index is 11.0. The van der Waals surface area contributed by atoms with E-state index in [9.17, 15) is 14.2 Å². The molecule has 17 heavy (non-hydrogen) atoms. The van der Waals surface area contributed by atoms with E-state index in [1.807, 2.05) is 0 Å². The Morgan fingerprint density at radius 3 is 1.76 bits per heavy atom. The second-order valence-corrected chi connectivity index (χ2v) is 7.56. The molecule has 0 bridgehead atoms. The van der Waals surface area contributed by atoms with Crippen molar-refractivity contribution in [2.45, 2.75) is 30.4 Å². The summed E-state index contributed by atoms with van der Waals surface area (Å²) >= 11 is 0. The van der Waals surface area contributed by atoms with E-state index < -0.39 is 26.3 Å². The van der Waals surface area contributed by atoms with Crippen LogP contribution in [0, 0.1) is 0 Å². The van der Waals surface area contributed by atoms with E-state index in [0.717, 1.165) is 0 Å². The molecule has 0 rings (SSSR count). The van der Waals surface area contributed by atoms with Gasteiger partial charge in [-0.3, -0.25) is 9.13 Å². The van der Waals surface area contributed by atoms with Crippen LogP contribution in [-0.4, -0.2) is 42.3 Å². The van der Waals surface area contributed by atoms with Gasteiger partial charge in [-0.05, 0) is 19.4 Å². The summed E-state index contributed by atoms with van der Waals surface area (Å²) in [6.07, 6.45) is 0.593. The van der Waals surface area contributed by atoms with Crippen LogP contribution in [0.3, 0.4) is 0 Å². The number of nitrogens with two attached hydrogens (primary N) is 2. The van der Waals surface area contributed by atoms with Crippen molar-refractivity contribution in [2.24, 2.45) is 11.5 Å². The van der Waals surface area contributed by atoms with E-state index in [4.69, 9.17) is 31.0 Å². The minimum atomic E-state index is -5.48. The molecule has 0 aliphatic carbocycles. The Kier molecular flexibility index (Phi) is 5.94. The van der Waals surface area contributed by atoms with Crippen LogP contribution >= 0.6 is 15.2 Å². The van der Waals surface area contributed by atoms with Gasteiger partial charge in [-0.15, -0.1) is 0 Å². The molecule has 9 nitrogen and oxygen atoms in total. The summed E-state index contributed by atoms with van der Waals surface area (Å²) in [4.78, 5) is 35.5. The summed E-state index contributed by atoms with van der Waals surface area (Å²) in [5.41, 5.74) is 10.5. The smallest absolute Gasteiger partial charge is 0.366 e. The van der Waals surface area contributed by atoms with Gasteiger partial charge in [-0.1, -0.05) is 6.42 Å². The van der Waals surface area contributed by atoms with Gasteiger partial charge in [-0.2, -0.15) is 0 Å². The van der Waals surface area contributed by atoms with Crippen molar-refractivity contribution >= 4 is 15.2 Å². The molecule has 0 radical (unpaired) electrons. The lowest BCUT2D eigenvalue weighted by atomic mass is 10.1. The zero-order chi connectivity index (χ0) is 13.9. The number of unbranched alkanes of at least 4 members (excludes halogenated alkanes) is 1. The number of rotatable bonds is 7. The number of hydrogen-bond donors (Lipinski definition) is 7. The molecule has 0 amide bonds. The van der Waals surface area contributed by atoms with E-state index in [1.165, 1.54) is 0 Å². The normalized spacial score (nSPS) is 15.9. The molecule has 0 saturated heterocycles. The molecule has 0 unspecified atom stereocenters. The van der Waals surface area contributed by atoms with Crippen molar-refractivity contribution in [3.8, 4) is 0 Å². The van der Waals surface area contributed by atoms with Gasteiger partial charge in [0.05, 0.1) is 6.04 Å². The fourth-order valence-corrected chi connectivity index (χ4v) is 3.78. The monoisotopic (exact) mass is 292 g/mol. The summed E-state index contributed by atoms with van der Waals surface area (Å²) in [6, 6.07) is -1.74. The molecule has 9 N–H and O–H groups in total. The predicted molar refractivity (Wildman–Crippen MR) is 59.9 cm³/mol. The lowest BCUT2D eigenvalue weighted by molar-refractivity contribution is 0.104. The highest BCUT2D eigenvalue weighted by Crippen LogP contribution is 2.68. The van der Waals surface area contributed by atoms with E-state index in [0.29, 0.717) is 19.4 Å². The first-order valence-corrected chi connectivity index (χ1v) is 8.00. The van der Waals surface area contributed by atoms with Gasteiger partial charge < -0.3 is 36.1 Å². The van der Waals surface area contributed by atoms with Gasteiger partial charge >= 0.3 is 15.2 Å². The van der Waals surface area contributed by atoms with Crippen molar-refractivity contribution in [2.75, 3.05) is 6.54 Å². The zero-order valence-electron chi connectivity index (χ0n) is 9.01. The third-order valence-corrected chi connectivity index (χ3v) is 6.27. The van der Waals surface area contributed by atoms with Gasteiger partial charge in [-0.25, -0.2) is 0 Å². The predicted octanol–water partition coefficient (Wildman–Crippen LogP) is -1.56. The molecule has 0 aromatic carbocycles. The second-order valence-electron chi connectivity index (χ2n) is 3.67. The molecule has 0 aliphatic heterocycles. The van der Waals surface area contributed by atoms with Crippen molar-refractivity contribution in [3.05, 3.63) is 0 Å². The summed E-state index contributed by atoms with van der Waals surface area (Å²) < 4.78 is 22.0. The Bertz CT molecular complexity index is 315. The summed E-state index contributed by atoms with van der Waals surface area (Å²) in [7, 11) is -11.0. The Balaban J connectivity index is 5.09. The average Bonchev–Trinajstić information content (AvgIpc) is 2.13. The molecular weight excluding hydrogens is 274 g/mol. The fraction of sp³-hybridized carbons (Fsp3) is 1.00. The molecule has 11 heteroatoms. The third-order valence-electron chi connectivity index (χ3n) is 2.32. The van der Waals surface area contributed by atoms with Crippen molar-refractivity contribution < 1.29 is 33.8 Å². The van der Waals surface area contributed by atoms with Crippen LogP contribution in [-0.2, 0) is 9.13 Å². The Hall–Kier alpha value is 0.180. The molecule has 0 aliphatic rings. The van der Waals surface area contributed by atoms with Crippen molar-refractivity contribution in [1.29, 1.82) is 0 Å². The van der Waals surface area contributed by atoms with Gasteiger partial charge in [0.2, 0.25) is 0 Å². The number of hydrogen-bond acceptors (Lipinski definition) is 5. The molecule has 0 fully saturated rings. The highest BCUT2D eigenvalue weighted by Gasteiger charge is 2.62.